The third-order valence-electron chi connectivity index (χ3n) is 5.22. The first-order chi connectivity index (χ1) is 11.1. The number of carbonyl (C=O) groups is 2. The molecule has 3 atom stereocenters. The van der Waals surface area contributed by atoms with Gasteiger partial charge < -0.3 is 10.2 Å². The van der Waals surface area contributed by atoms with Gasteiger partial charge in [0.1, 0.15) is 6.04 Å². The Morgan fingerprint density at radius 2 is 2.09 bits per heavy atom. The van der Waals surface area contributed by atoms with Crippen LogP contribution in [0.4, 0.5) is 0 Å². The summed E-state index contributed by atoms with van der Waals surface area (Å²) < 4.78 is 0. The van der Waals surface area contributed by atoms with Gasteiger partial charge in [-0.15, -0.1) is 11.3 Å². The first-order valence-corrected chi connectivity index (χ1v) is 9.65. The van der Waals surface area contributed by atoms with Gasteiger partial charge in [0.25, 0.3) is 0 Å². The van der Waals surface area contributed by atoms with Gasteiger partial charge in [0.2, 0.25) is 11.8 Å². The molecule has 1 aliphatic heterocycles. The Bertz CT molecular complexity index is 543. The van der Waals surface area contributed by atoms with Crippen molar-refractivity contribution < 1.29 is 9.59 Å². The molecule has 0 aromatic carbocycles. The maximum atomic E-state index is 12.7. The van der Waals surface area contributed by atoms with Gasteiger partial charge >= 0.3 is 0 Å². The van der Waals surface area contributed by atoms with Crippen LogP contribution in [0, 0.1) is 5.92 Å². The molecular weight excluding hydrogens is 308 g/mol. The van der Waals surface area contributed by atoms with Crippen LogP contribution < -0.4 is 5.32 Å². The predicted molar refractivity (Wildman–Crippen MR) is 92.3 cm³/mol. The van der Waals surface area contributed by atoms with E-state index in [9.17, 15) is 9.59 Å². The van der Waals surface area contributed by atoms with E-state index >= 15 is 0 Å². The average molecular weight is 334 g/mol. The van der Waals surface area contributed by atoms with E-state index < -0.39 is 0 Å². The zero-order chi connectivity index (χ0) is 16.2. The van der Waals surface area contributed by atoms with Crippen molar-refractivity contribution in [3.63, 3.8) is 0 Å². The van der Waals surface area contributed by atoms with Gasteiger partial charge in [-0.1, -0.05) is 25.8 Å². The van der Waals surface area contributed by atoms with Crippen molar-refractivity contribution in [1.82, 2.24) is 10.2 Å². The molecule has 1 N–H and O–H groups in total. The summed E-state index contributed by atoms with van der Waals surface area (Å²) in [5.74, 6) is 0.687. The molecule has 1 aromatic rings. The molecule has 23 heavy (non-hydrogen) atoms. The lowest BCUT2D eigenvalue weighted by Gasteiger charge is -2.32. The normalized spacial score (nSPS) is 27.9. The molecule has 1 aliphatic carbocycles. The number of hydrogen-bond donors (Lipinski definition) is 1. The summed E-state index contributed by atoms with van der Waals surface area (Å²) in [5, 5.41) is 5.21. The SMILES string of the molecule is CC1CCCCC1NC(=O)C1CCCN1C(=O)Cc1cccs1. The number of hydrogen-bond acceptors (Lipinski definition) is 3. The third kappa shape index (κ3) is 3.94. The maximum Gasteiger partial charge on any atom is 0.243 e. The van der Waals surface area contributed by atoms with Crippen LogP contribution in [0.5, 0.6) is 0 Å². The van der Waals surface area contributed by atoms with E-state index in [0.29, 0.717) is 18.9 Å². The van der Waals surface area contributed by atoms with Crippen LogP contribution in [0.15, 0.2) is 17.5 Å². The van der Waals surface area contributed by atoms with E-state index in [1.54, 1.807) is 16.2 Å². The van der Waals surface area contributed by atoms with Gasteiger partial charge in [0.15, 0.2) is 0 Å². The molecule has 4 nitrogen and oxygen atoms in total. The fraction of sp³-hybridized carbons (Fsp3) is 0.667. The first-order valence-electron chi connectivity index (χ1n) is 8.77. The zero-order valence-electron chi connectivity index (χ0n) is 13.8. The van der Waals surface area contributed by atoms with Crippen LogP contribution in [0.1, 0.15) is 50.3 Å². The van der Waals surface area contributed by atoms with Crippen LogP contribution in [0.2, 0.25) is 0 Å². The van der Waals surface area contributed by atoms with Crippen LogP contribution in [-0.2, 0) is 16.0 Å². The summed E-state index contributed by atoms with van der Waals surface area (Å²) in [5.41, 5.74) is 0. The monoisotopic (exact) mass is 334 g/mol. The van der Waals surface area contributed by atoms with Gasteiger partial charge in [-0.05, 0) is 43.0 Å². The lowest BCUT2D eigenvalue weighted by Crippen LogP contribution is -2.51. The number of nitrogens with one attached hydrogen (secondary N) is 1. The third-order valence-corrected chi connectivity index (χ3v) is 6.10. The minimum Gasteiger partial charge on any atom is -0.351 e. The quantitative estimate of drug-likeness (QED) is 0.920. The Morgan fingerprint density at radius 3 is 2.83 bits per heavy atom. The number of nitrogens with zero attached hydrogens (tertiary/aromatic N) is 1. The number of likely N-dealkylation sites (tertiary alicyclic amines) is 1. The molecule has 3 unspecified atom stereocenters. The zero-order valence-corrected chi connectivity index (χ0v) is 14.6. The van der Waals surface area contributed by atoms with Gasteiger partial charge in [0.05, 0.1) is 6.42 Å². The van der Waals surface area contributed by atoms with Gasteiger partial charge in [-0.2, -0.15) is 0 Å². The molecule has 3 rings (SSSR count). The molecule has 2 amide bonds. The van der Waals surface area contributed by atoms with E-state index in [-0.39, 0.29) is 23.9 Å². The van der Waals surface area contributed by atoms with E-state index in [0.717, 1.165) is 24.1 Å². The lowest BCUT2D eigenvalue weighted by atomic mass is 9.86. The van der Waals surface area contributed by atoms with Crippen molar-refractivity contribution in [1.29, 1.82) is 0 Å². The molecule has 1 aromatic heterocycles. The Kier molecular flexibility index (Phi) is 5.36. The maximum absolute atomic E-state index is 12.7. The molecule has 2 aliphatic rings. The second-order valence-electron chi connectivity index (χ2n) is 6.88. The minimum absolute atomic E-state index is 0.0563. The highest BCUT2D eigenvalue weighted by Crippen LogP contribution is 2.25. The molecule has 2 fully saturated rings. The first kappa shape index (κ1) is 16.5. The number of thiophene rings is 1. The largest absolute Gasteiger partial charge is 0.351 e. The predicted octanol–water partition coefficient (Wildman–Crippen LogP) is 2.98. The summed E-state index contributed by atoms with van der Waals surface area (Å²) in [4.78, 5) is 28.1. The van der Waals surface area contributed by atoms with Crippen LogP contribution in [-0.4, -0.2) is 35.3 Å². The molecule has 0 radical (unpaired) electrons. The Balaban J connectivity index is 1.59. The van der Waals surface area contributed by atoms with Gasteiger partial charge in [0, 0.05) is 17.5 Å². The molecule has 0 spiro atoms. The highest BCUT2D eigenvalue weighted by atomic mass is 32.1. The molecule has 2 heterocycles. The van der Waals surface area contributed by atoms with E-state index in [4.69, 9.17) is 0 Å². The summed E-state index contributed by atoms with van der Waals surface area (Å²) in [6.45, 7) is 2.93. The lowest BCUT2D eigenvalue weighted by molar-refractivity contribution is -0.138. The van der Waals surface area contributed by atoms with Gasteiger partial charge in [-0.3, -0.25) is 9.59 Å². The van der Waals surface area contributed by atoms with E-state index in [2.05, 4.69) is 12.2 Å². The molecule has 1 saturated heterocycles. The van der Waals surface area contributed by atoms with Crippen molar-refractivity contribution >= 4 is 23.2 Å². The minimum atomic E-state index is -0.267. The van der Waals surface area contributed by atoms with Gasteiger partial charge in [-0.25, -0.2) is 0 Å². The van der Waals surface area contributed by atoms with Crippen molar-refractivity contribution in [3.05, 3.63) is 22.4 Å². The Hall–Kier alpha value is -1.36. The standard InChI is InChI=1S/C18H26N2O2S/c1-13-6-2-3-8-15(13)19-18(22)16-9-4-10-20(16)17(21)12-14-7-5-11-23-14/h5,7,11,13,15-16H,2-4,6,8-10,12H2,1H3,(H,19,22). The van der Waals surface area contributed by atoms with Crippen molar-refractivity contribution in [2.24, 2.45) is 5.92 Å². The van der Waals surface area contributed by atoms with Crippen molar-refractivity contribution in [2.75, 3.05) is 6.54 Å². The van der Waals surface area contributed by atoms with E-state index in [1.165, 1.54) is 19.3 Å². The van der Waals surface area contributed by atoms with E-state index in [1.807, 2.05) is 17.5 Å². The molecule has 5 heteroatoms. The van der Waals surface area contributed by atoms with Crippen molar-refractivity contribution in [3.8, 4) is 0 Å². The van der Waals surface area contributed by atoms with Crippen LogP contribution >= 0.6 is 11.3 Å². The fourth-order valence-corrected chi connectivity index (χ4v) is 4.51. The summed E-state index contributed by atoms with van der Waals surface area (Å²) in [6, 6.07) is 3.96. The van der Waals surface area contributed by atoms with Crippen molar-refractivity contribution in [2.45, 2.75) is 64.0 Å². The number of carbonyl (C=O) groups excluding carboxylic acids is 2. The molecule has 126 valence electrons. The second kappa shape index (κ2) is 7.47. The molecule has 0 bridgehead atoms. The second-order valence-corrected chi connectivity index (χ2v) is 7.91. The number of rotatable bonds is 4. The highest BCUT2D eigenvalue weighted by Gasteiger charge is 2.35. The fourth-order valence-electron chi connectivity index (χ4n) is 3.81. The van der Waals surface area contributed by atoms with Crippen LogP contribution in [0.3, 0.4) is 0 Å². The smallest absolute Gasteiger partial charge is 0.243 e. The highest BCUT2D eigenvalue weighted by molar-refractivity contribution is 7.10. The summed E-state index contributed by atoms with van der Waals surface area (Å²) >= 11 is 1.60. The average Bonchev–Trinajstić information content (AvgIpc) is 3.20. The topological polar surface area (TPSA) is 49.4 Å². The number of amides is 2. The Labute approximate surface area is 142 Å². The Morgan fingerprint density at radius 1 is 1.26 bits per heavy atom. The summed E-state index contributed by atoms with van der Waals surface area (Å²) in [6.07, 6.45) is 6.86. The molecular formula is C18H26N2O2S. The van der Waals surface area contributed by atoms with Crippen LogP contribution in [0.25, 0.3) is 0 Å². The summed E-state index contributed by atoms with van der Waals surface area (Å²) in [7, 11) is 0. The molecule has 1 saturated carbocycles.